The molecule has 4 heterocycles. The minimum Gasteiger partial charge on any atom is -0.465 e. The molecule has 4 N–H and O–H groups in total. The molecular weight excluding hydrogens is 502 g/mol. The number of nitrogens with one attached hydrogen (secondary N) is 1. The zero-order chi connectivity index (χ0) is 27.3. The first-order valence-electron chi connectivity index (χ1n) is 13.4. The normalized spacial score (nSPS) is 16.5. The molecule has 0 unspecified atom stereocenters. The summed E-state index contributed by atoms with van der Waals surface area (Å²) in [6.07, 6.45) is 2.61. The number of amides is 1. The minimum atomic E-state index is -0.928. The first-order chi connectivity index (χ1) is 19.5. The van der Waals surface area contributed by atoms with E-state index >= 15 is 0 Å². The Morgan fingerprint density at radius 2 is 1.75 bits per heavy atom. The number of anilines is 1. The number of hydrogen-bond donors (Lipinski definition) is 3. The van der Waals surface area contributed by atoms with E-state index in [1.54, 1.807) is 6.20 Å². The molecule has 9 heteroatoms. The van der Waals surface area contributed by atoms with Crippen molar-refractivity contribution in [3.05, 3.63) is 90.6 Å². The summed E-state index contributed by atoms with van der Waals surface area (Å²) in [4.78, 5) is 27.6. The Bertz CT molecular complexity index is 1700. The van der Waals surface area contributed by atoms with Crippen molar-refractivity contribution in [1.82, 2.24) is 29.7 Å². The lowest BCUT2D eigenvalue weighted by Gasteiger charge is -2.59. The van der Waals surface area contributed by atoms with Crippen LogP contribution in [0.5, 0.6) is 0 Å². The number of aromatic nitrogens is 4. The van der Waals surface area contributed by atoms with Gasteiger partial charge in [-0.1, -0.05) is 42.5 Å². The van der Waals surface area contributed by atoms with E-state index in [0.29, 0.717) is 11.6 Å². The highest BCUT2D eigenvalue weighted by Crippen LogP contribution is 2.48. The highest BCUT2D eigenvalue weighted by atomic mass is 16.4. The number of benzene rings is 2. The first-order valence-corrected chi connectivity index (χ1v) is 13.4. The number of carboxylic acid groups (broad SMARTS) is 1. The van der Waals surface area contributed by atoms with Crippen LogP contribution in [-0.2, 0) is 6.54 Å². The second-order valence-corrected chi connectivity index (χ2v) is 11.0. The van der Waals surface area contributed by atoms with Crippen molar-refractivity contribution in [2.75, 3.05) is 18.8 Å². The van der Waals surface area contributed by atoms with Gasteiger partial charge in [-0.2, -0.15) is 0 Å². The number of pyridine rings is 2. The van der Waals surface area contributed by atoms with E-state index in [-0.39, 0.29) is 11.5 Å². The third-order valence-corrected chi connectivity index (χ3v) is 8.06. The Labute approximate surface area is 231 Å². The number of imidazole rings is 1. The number of likely N-dealkylation sites (tertiary alicyclic amines) is 1. The van der Waals surface area contributed by atoms with Crippen LogP contribution < -0.4 is 11.1 Å². The molecule has 2 aromatic carbocycles. The predicted octanol–water partition coefficient (Wildman–Crippen LogP) is 4.96. The molecule has 1 aliphatic carbocycles. The molecule has 2 fully saturated rings. The van der Waals surface area contributed by atoms with Gasteiger partial charge in [0.1, 0.15) is 11.3 Å². The first kappa shape index (κ1) is 24.3. The maximum Gasteiger partial charge on any atom is 0.404 e. The summed E-state index contributed by atoms with van der Waals surface area (Å²) >= 11 is 0. The van der Waals surface area contributed by atoms with Crippen molar-refractivity contribution in [2.45, 2.75) is 25.4 Å². The highest BCUT2D eigenvalue weighted by Gasteiger charge is 2.52. The van der Waals surface area contributed by atoms with Gasteiger partial charge in [-0.3, -0.25) is 9.47 Å². The van der Waals surface area contributed by atoms with Gasteiger partial charge < -0.3 is 16.2 Å². The maximum absolute atomic E-state index is 10.9. The quantitative estimate of drug-likeness (QED) is 0.283. The largest absolute Gasteiger partial charge is 0.465 e. The van der Waals surface area contributed by atoms with E-state index in [1.807, 2.05) is 42.5 Å². The Hall–Kier alpha value is -4.76. The zero-order valence-electron chi connectivity index (χ0n) is 21.9. The van der Waals surface area contributed by atoms with Crippen molar-refractivity contribution in [3.63, 3.8) is 0 Å². The Kier molecular flexibility index (Phi) is 5.74. The summed E-state index contributed by atoms with van der Waals surface area (Å²) in [5.74, 6) is 1.12. The van der Waals surface area contributed by atoms with E-state index in [1.165, 1.54) is 5.56 Å². The van der Waals surface area contributed by atoms with E-state index in [4.69, 9.17) is 20.8 Å². The molecule has 1 saturated carbocycles. The van der Waals surface area contributed by atoms with Gasteiger partial charge in [0.2, 0.25) is 0 Å². The van der Waals surface area contributed by atoms with E-state index < -0.39 is 6.09 Å². The van der Waals surface area contributed by atoms with Gasteiger partial charge in [0.15, 0.2) is 11.5 Å². The number of hydrogen-bond acceptors (Lipinski definition) is 6. The van der Waals surface area contributed by atoms with Crippen LogP contribution in [0.1, 0.15) is 18.4 Å². The van der Waals surface area contributed by atoms with Crippen LogP contribution in [-0.4, -0.2) is 54.8 Å². The lowest BCUT2D eigenvalue weighted by molar-refractivity contribution is -0.0812. The molecule has 3 aromatic heterocycles. The third-order valence-electron chi connectivity index (χ3n) is 8.06. The van der Waals surface area contributed by atoms with E-state index in [0.717, 1.165) is 66.1 Å². The SMILES string of the molecule is Nc1ncccc1-c1nc2ccc(-c3ccccc3)nc2n1-c1ccc(CN2CC3(CC(NC(=O)O)C3)C2)cc1. The summed E-state index contributed by atoms with van der Waals surface area (Å²) in [5, 5.41) is 11.5. The molecule has 1 saturated heterocycles. The molecule has 0 bridgehead atoms. The number of nitrogen functional groups attached to an aromatic ring is 1. The van der Waals surface area contributed by atoms with Crippen LogP contribution in [0.2, 0.25) is 0 Å². The average molecular weight is 532 g/mol. The molecule has 1 amide bonds. The molecule has 0 radical (unpaired) electrons. The molecule has 200 valence electrons. The molecule has 0 atom stereocenters. The molecule has 9 nitrogen and oxygen atoms in total. The molecule has 1 aliphatic heterocycles. The van der Waals surface area contributed by atoms with Crippen molar-refractivity contribution in [2.24, 2.45) is 5.41 Å². The smallest absolute Gasteiger partial charge is 0.404 e. The van der Waals surface area contributed by atoms with Gasteiger partial charge in [-0.25, -0.2) is 19.7 Å². The predicted molar refractivity (Wildman–Crippen MR) is 154 cm³/mol. The second-order valence-electron chi connectivity index (χ2n) is 11.0. The fourth-order valence-electron chi connectivity index (χ4n) is 6.30. The van der Waals surface area contributed by atoms with Crippen LogP contribution in [0.3, 0.4) is 0 Å². The molecule has 5 aromatic rings. The molecule has 2 aliphatic rings. The van der Waals surface area contributed by atoms with Crippen LogP contribution in [0.15, 0.2) is 85.1 Å². The third kappa shape index (κ3) is 4.34. The Balaban J connectivity index is 1.18. The van der Waals surface area contributed by atoms with Gasteiger partial charge in [0.25, 0.3) is 0 Å². The summed E-state index contributed by atoms with van der Waals surface area (Å²) in [6, 6.07) is 26.5. The lowest BCUT2D eigenvalue weighted by Crippen LogP contribution is -2.66. The van der Waals surface area contributed by atoms with Gasteiger partial charge >= 0.3 is 6.09 Å². The zero-order valence-corrected chi connectivity index (χ0v) is 21.9. The average Bonchev–Trinajstić information content (AvgIpc) is 3.30. The molecular formula is C31H29N7O2. The molecule has 40 heavy (non-hydrogen) atoms. The van der Waals surface area contributed by atoms with Gasteiger partial charge in [-0.05, 0) is 60.2 Å². The van der Waals surface area contributed by atoms with Crippen molar-refractivity contribution in [3.8, 4) is 28.3 Å². The number of rotatable bonds is 6. The second kappa shape index (κ2) is 9.46. The van der Waals surface area contributed by atoms with Crippen molar-refractivity contribution in [1.29, 1.82) is 0 Å². The maximum atomic E-state index is 10.9. The van der Waals surface area contributed by atoms with Gasteiger partial charge in [0, 0.05) is 43.1 Å². The highest BCUT2D eigenvalue weighted by molar-refractivity contribution is 5.84. The minimum absolute atomic E-state index is 0.1000. The number of fused-ring (bicyclic) bond motifs is 1. The van der Waals surface area contributed by atoms with Crippen LogP contribution in [0.25, 0.3) is 39.5 Å². The summed E-state index contributed by atoms with van der Waals surface area (Å²) in [7, 11) is 0. The van der Waals surface area contributed by atoms with Crippen molar-refractivity contribution < 1.29 is 9.90 Å². The summed E-state index contributed by atoms with van der Waals surface area (Å²) < 4.78 is 2.06. The van der Waals surface area contributed by atoms with Crippen molar-refractivity contribution >= 4 is 23.1 Å². The topological polar surface area (TPSA) is 122 Å². The standard InChI is InChI=1S/C31H29N7O2/c32-27-24(7-4-14-33-27)28-36-26-13-12-25(21-5-2-1-3-6-21)35-29(26)38(28)23-10-8-20(9-11-23)17-37-18-31(19-37)15-22(16-31)34-30(39)40/h1-14,22,34H,15-19H2,(H2,32,33)(H,39,40). The molecule has 1 spiro atoms. The van der Waals surface area contributed by atoms with Gasteiger partial charge in [0.05, 0.1) is 11.3 Å². The number of nitrogens with zero attached hydrogens (tertiary/aromatic N) is 5. The fourth-order valence-corrected chi connectivity index (χ4v) is 6.30. The number of nitrogens with two attached hydrogens (primary N) is 1. The summed E-state index contributed by atoms with van der Waals surface area (Å²) in [6.45, 7) is 2.88. The Morgan fingerprint density at radius 1 is 0.975 bits per heavy atom. The summed E-state index contributed by atoms with van der Waals surface area (Å²) in [5.41, 5.74) is 13.0. The van der Waals surface area contributed by atoms with E-state index in [9.17, 15) is 4.79 Å². The Morgan fingerprint density at radius 3 is 2.48 bits per heavy atom. The van der Waals surface area contributed by atoms with Crippen LogP contribution in [0, 0.1) is 5.41 Å². The van der Waals surface area contributed by atoms with E-state index in [2.05, 4.69) is 56.2 Å². The number of carbonyl (C=O) groups is 1. The lowest BCUT2D eigenvalue weighted by atomic mass is 9.60. The van der Waals surface area contributed by atoms with Gasteiger partial charge in [-0.15, -0.1) is 0 Å². The molecule has 7 rings (SSSR count). The fraction of sp³-hybridized carbons (Fsp3) is 0.226. The monoisotopic (exact) mass is 531 g/mol. The van der Waals surface area contributed by atoms with Crippen LogP contribution in [0.4, 0.5) is 10.6 Å². The van der Waals surface area contributed by atoms with Crippen LogP contribution >= 0.6 is 0 Å².